The Morgan fingerprint density at radius 2 is 1.97 bits per heavy atom. The molecule has 1 N–H and O–H groups in total. The highest BCUT2D eigenvalue weighted by molar-refractivity contribution is 8.14. The number of aliphatic imine (C=N–C) groups is 4. The van der Waals surface area contributed by atoms with Gasteiger partial charge >= 0.3 is 0 Å². The van der Waals surface area contributed by atoms with E-state index in [-0.39, 0.29) is 58.7 Å². The molecule has 6 aliphatic rings. The van der Waals surface area contributed by atoms with Gasteiger partial charge in [-0.2, -0.15) is 0 Å². The van der Waals surface area contributed by atoms with Crippen LogP contribution in [0.5, 0.6) is 0 Å². The maximum atomic E-state index is 13.8. The van der Waals surface area contributed by atoms with Gasteiger partial charge in [-0.3, -0.25) is 19.4 Å². The van der Waals surface area contributed by atoms with Crippen LogP contribution in [0.4, 0.5) is 0 Å². The van der Waals surface area contributed by atoms with Crippen LogP contribution in [0, 0.1) is 28.6 Å². The zero-order chi connectivity index (χ0) is 24.6. The van der Waals surface area contributed by atoms with E-state index in [9.17, 15) is 19.5 Å². The van der Waals surface area contributed by atoms with Gasteiger partial charge in [0.1, 0.15) is 29.1 Å². The number of carbonyl (C=O) groups excluding carboxylic acids is 3. The van der Waals surface area contributed by atoms with E-state index in [1.54, 1.807) is 6.08 Å². The van der Waals surface area contributed by atoms with Gasteiger partial charge in [-0.15, -0.1) is 11.8 Å². The van der Waals surface area contributed by atoms with Gasteiger partial charge in [-0.05, 0) is 55.4 Å². The fourth-order valence-corrected chi connectivity index (χ4v) is 8.97. The number of nitrogens with zero attached hydrogens (tertiary/aromatic N) is 4. The second kappa shape index (κ2) is 7.87. The molecule has 0 bridgehead atoms. The molecule has 4 aliphatic carbocycles. The summed E-state index contributed by atoms with van der Waals surface area (Å²) in [6.07, 6.45) is 8.85. The smallest absolute Gasteiger partial charge is 0.175 e. The van der Waals surface area contributed by atoms with Crippen molar-refractivity contribution in [3.63, 3.8) is 0 Å². The van der Waals surface area contributed by atoms with Crippen molar-refractivity contribution in [3.05, 3.63) is 11.6 Å². The van der Waals surface area contributed by atoms with Crippen LogP contribution in [0.25, 0.3) is 0 Å². The van der Waals surface area contributed by atoms with Crippen molar-refractivity contribution >= 4 is 52.7 Å². The van der Waals surface area contributed by atoms with Crippen LogP contribution in [-0.2, 0) is 14.4 Å². The summed E-state index contributed by atoms with van der Waals surface area (Å²) in [6, 6.07) is -0.371. The maximum Gasteiger partial charge on any atom is 0.175 e. The van der Waals surface area contributed by atoms with Crippen LogP contribution in [0.15, 0.2) is 31.6 Å². The highest BCUT2D eigenvalue weighted by atomic mass is 32.2. The molecule has 0 amide bonds. The molecular weight excluding hydrogens is 464 g/mol. The van der Waals surface area contributed by atoms with Crippen LogP contribution in [0.3, 0.4) is 0 Å². The van der Waals surface area contributed by atoms with Gasteiger partial charge in [0.25, 0.3) is 0 Å². The molecule has 2 aliphatic heterocycles. The molecule has 7 atom stereocenters. The number of allylic oxidation sites excluding steroid dienone is 1. The van der Waals surface area contributed by atoms with Crippen molar-refractivity contribution < 1.29 is 19.5 Å². The first-order chi connectivity index (χ1) is 16.7. The monoisotopic (exact) mass is 494 g/mol. The lowest BCUT2D eigenvalue weighted by Gasteiger charge is -2.57. The minimum absolute atomic E-state index is 0.0692. The molecule has 3 saturated carbocycles. The Morgan fingerprint density at radius 3 is 2.80 bits per heavy atom. The number of carbonyl (C=O) groups is 3. The number of fused-ring (bicyclic) bond motifs is 6. The number of aliphatic hydroxyl groups is 1. The molecule has 35 heavy (non-hydrogen) atoms. The Hall–Kier alpha value is -2.26. The number of rotatable bonds is 3. The van der Waals surface area contributed by atoms with Gasteiger partial charge in [0.05, 0.1) is 5.75 Å². The van der Waals surface area contributed by atoms with Crippen LogP contribution < -0.4 is 0 Å². The van der Waals surface area contributed by atoms with E-state index in [0.717, 1.165) is 24.8 Å². The number of Topliss-reactive ketones (excluding diaryl/α,β-unsaturated/α-hetero) is 2. The standard InChI is InChI=1S/C26H30N4O4S/c1-24-7-5-15(31)9-14(24)3-4-16-17-6-8-26(34,25(17,2)10-18(32)20(16)24)19(33)11-35-23-21-22(28-12-27-21)29-13-30-23/h9,12-13,16-17,20-21,34H,3-8,10-11H2,1-2H3. The quantitative estimate of drug-likeness (QED) is 0.647. The number of hydrogen-bond acceptors (Lipinski definition) is 9. The number of hydrogen-bond donors (Lipinski definition) is 1. The van der Waals surface area contributed by atoms with Gasteiger partial charge in [0, 0.05) is 24.2 Å². The first kappa shape index (κ1) is 23.2. The van der Waals surface area contributed by atoms with E-state index in [4.69, 9.17) is 0 Å². The Kier molecular flexibility index (Phi) is 5.21. The second-order valence-electron chi connectivity index (χ2n) is 11.4. The lowest BCUT2D eigenvalue weighted by Crippen LogP contribution is -2.60. The summed E-state index contributed by atoms with van der Waals surface area (Å²) < 4.78 is 0. The number of amidine groups is 1. The predicted molar refractivity (Wildman–Crippen MR) is 135 cm³/mol. The van der Waals surface area contributed by atoms with Crippen molar-refractivity contribution in [1.82, 2.24) is 0 Å². The summed E-state index contributed by atoms with van der Waals surface area (Å²) in [6.45, 7) is 4.11. The van der Waals surface area contributed by atoms with Crippen molar-refractivity contribution in [2.45, 2.75) is 70.4 Å². The highest BCUT2D eigenvalue weighted by Gasteiger charge is 2.68. The molecule has 9 heteroatoms. The van der Waals surface area contributed by atoms with E-state index < -0.39 is 11.0 Å². The molecule has 0 saturated heterocycles. The predicted octanol–water partition coefficient (Wildman–Crippen LogP) is 2.98. The third-order valence-corrected chi connectivity index (χ3v) is 10.9. The van der Waals surface area contributed by atoms with Gasteiger partial charge < -0.3 is 5.11 Å². The van der Waals surface area contributed by atoms with E-state index in [1.165, 1.54) is 24.4 Å². The third kappa shape index (κ3) is 3.19. The molecule has 7 unspecified atom stereocenters. The summed E-state index contributed by atoms with van der Waals surface area (Å²) in [5.41, 5.74) is -1.47. The van der Waals surface area contributed by atoms with E-state index >= 15 is 0 Å². The molecule has 6 rings (SSSR count). The number of ketones is 3. The van der Waals surface area contributed by atoms with Crippen molar-refractivity contribution in [2.24, 2.45) is 48.6 Å². The zero-order valence-corrected chi connectivity index (χ0v) is 20.9. The van der Waals surface area contributed by atoms with Gasteiger partial charge in [0.2, 0.25) is 0 Å². The van der Waals surface area contributed by atoms with Gasteiger partial charge in [-0.1, -0.05) is 19.4 Å². The van der Waals surface area contributed by atoms with Gasteiger partial charge in [0.15, 0.2) is 23.4 Å². The molecule has 2 heterocycles. The lowest BCUT2D eigenvalue weighted by molar-refractivity contribution is -0.167. The summed E-state index contributed by atoms with van der Waals surface area (Å²) >= 11 is 1.27. The Bertz CT molecular complexity index is 1190. The fraction of sp³-hybridized carbons (Fsp3) is 0.654. The second-order valence-corrected chi connectivity index (χ2v) is 12.4. The molecule has 8 nitrogen and oxygen atoms in total. The third-order valence-electron chi connectivity index (χ3n) is 9.88. The number of thioether (sulfide) groups is 1. The molecule has 0 aromatic heterocycles. The summed E-state index contributed by atoms with van der Waals surface area (Å²) in [4.78, 5) is 56.2. The van der Waals surface area contributed by atoms with Crippen LogP contribution >= 0.6 is 11.8 Å². The summed E-state index contributed by atoms with van der Waals surface area (Å²) in [5, 5.41) is 12.5. The molecule has 0 radical (unpaired) electrons. The molecule has 0 aromatic rings. The Labute approximate surface area is 208 Å². The Morgan fingerprint density at radius 1 is 1.14 bits per heavy atom. The molecule has 184 valence electrons. The minimum Gasteiger partial charge on any atom is -0.381 e. The van der Waals surface area contributed by atoms with Crippen LogP contribution in [-0.4, -0.2) is 63.4 Å². The molecule has 0 aromatic carbocycles. The van der Waals surface area contributed by atoms with Crippen molar-refractivity contribution in [2.75, 3.05) is 5.75 Å². The van der Waals surface area contributed by atoms with E-state index in [2.05, 4.69) is 26.9 Å². The van der Waals surface area contributed by atoms with Gasteiger partial charge in [-0.25, -0.2) is 15.0 Å². The average Bonchev–Trinajstić information content (AvgIpc) is 3.41. The van der Waals surface area contributed by atoms with Crippen LogP contribution in [0.2, 0.25) is 0 Å². The SMILES string of the molecule is CC12CCC(=O)C=C1CCC1C2C(=O)CC2(C)C1CCC2(O)C(=O)CSC1=NC=NC2=NC=NC21. The summed E-state index contributed by atoms with van der Waals surface area (Å²) in [5.74, 6) is 0.816. The Balaban J connectivity index is 1.24. The van der Waals surface area contributed by atoms with E-state index in [0.29, 0.717) is 30.1 Å². The average molecular weight is 495 g/mol. The molecule has 3 fully saturated rings. The topological polar surface area (TPSA) is 121 Å². The van der Waals surface area contributed by atoms with Crippen LogP contribution in [0.1, 0.15) is 58.8 Å². The molecule has 0 spiro atoms. The fourth-order valence-electron chi connectivity index (χ4n) is 8.01. The first-order valence-corrected chi connectivity index (χ1v) is 13.5. The maximum absolute atomic E-state index is 13.8. The van der Waals surface area contributed by atoms with E-state index in [1.807, 2.05) is 6.92 Å². The largest absolute Gasteiger partial charge is 0.381 e. The highest BCUT2D eigenvalue weighted by Crippen LogP contribution is 2.66. The normalized spacial score (nSPS) is 43.6. The summed E-state index contributed by atoms with van der Waals surface area (Å²) in [7, 11) is 0. The zero-order valence-electron chi connectivity index (χ0n) is 20.1. The lowest BCUT2D eigenvalue weighted by atomic mass is 9.46. The molecular formula is C26H30N4O4S. The minimum atomic E-state index is -1.54. The van der Waals surface area contributed by atoms with Crippen molar-refractivity contribution in [3.8, 4) is 0 Å². The van der Waals surface area contributed by atoms with Crippen molar-refractivity contribution in [1.29, 1.82) is 0 Å². The first-order valence-electron chi connectivity index (χ1n) is 12.5.